The second kappa shape index (κ2) is 5.13. The number of hydrogen-bond acceptors (Lipinski definition) is 4. The maximum Gasteiger partial charge on any atom is 0.312 e. The lowest BCUT2D eigenvalue weighted by atomic mass is 9.77. The molecule has 2 saturated heterocycles. The summed E-state index contributed by atoms with van der Waals surface area (Å²) < 4.78 is 11.3. The SMILES string of the molecule is CCCOC(=O)[C@@H]1[C@@H]2C=CC3(CN(CC(C)C)C(=O)[C@H]13)O2. The normalized spacial score (nSPS) is 36.7. The van der Waals surface area contributed by atoms with Crippen LogP contribution in [0.2, 0.25) is 0 Å². The summed E-state index contributed by atoms with van der Waals surface area (Å²) in [5.41, 5.74) is -0.605. The van der Waals surface area contributed by atoms with Crippen molar-refractivity contribution in [3.63, 3.8) is 0 Å². The van der Waals surface area contributed by atoms with E-state index in [9.17, 15) is 9.59 Å². The van der Waals surface area contributed by atoms with Crippen LogP contribution in [0.15, 0.2) is 12.2 Å². The summed E-state index contributed by atoms with van der Waals surface area (Å²) in [4.78, 5) is 26.8. The van der Waals surface area contributed by atoms with Crippen molar-refractivity contribution in [1.82, 2.24) is 4.90 Å². The molecule has 5 heteroatoms. The van der Waals surface area contributed by atoms with Crippen LogP contribution in [-0.2, 0) is 19.1 Å². The maximum absolute atomic E-state index is 12.7. The van der Waals surface area contributed by atoms with Crippen LogP contribution in [-0.4, -0.2) is 48.2 Å². The van der Waals surface area contributed by atoms with Crippen molar-refractivity contribution in [3.05, 3.63) is 12.2 Å². The third-order valence-electron chi connectivity index (χ3n) is 4.48. The molecule has 21 heavy (non-hydrogen) atoms. The third-order valence-corrected chi connectivity index (χ3v) is 4.48. The number of carbonyl (C=O) groups excluding carboxylic acids is 2. The lowest BCUT2D eigenvalue weighted by Gasteiger charge is -2.22. The molecule has 0 aromatic carbocycles. The molecule has 0 aromatic rings. The summed E-state index contributed by atoms with van der Waals surface area (Å²) in [6, 6.07) is 0. The Labute approximate surface area is 125 Å². The quantitative estimate of drug-likeness (QED) is 0.567. The summed E-state index contributed by atoms with van der Waals surface area (Å²) in [5.74, 6) is -0.746. The zero-order valence-electron chi connectivity index (χ0n) is 12.9. The van der Waals surface area contributed by atoms with E-state index in [1.165, 1.54) is 0 Å². The highest BCUT2D eigenvalue weighted by atomic mass is 16.6. The second-order valence-electron chi connectivity index (χ2n) is 6.68. The highest BCUT2D eigenvalue weighted by molar-refractivity contribution is 5.91. The molecule has 2 fully saturated rings. The van der Waals surface area contributed by atoms with Gasteiger partial charge in [-0.05, 0) is 12.3 Å². The number of fused-ring (bicyclic) bond motifs is 1. The minimum absolute atomic E-state index is 0.0361. The van der Waals surface area contributed by atoms with Crippen LogP contribution in [0.1, 0.15) is 27.2 Å². The van der Waals surface area contributed by atoms with Crippen LogP contribution >= 0.6 is 0 Å². The molecule has 1 amide bonds. The Balaban J connectivity index is 1.82. The molecule has 3 rings (SSSR count). The summed E-state index contributed by atoms with van der Waals surface area (Å²) >= 11 is 0. The van der Waals surface area contributed by atoms with Gasteiger partial charge in [-0.2, -0.15) is 0 Å². The van der Waals surface area contributed by atoms with E-state index in [0.29, 0.717) is 25.6 Å². The maximum atomic E-state index is 12.7. The van der Waals surface area contributed by atoms with E-state index in [1.54, 1.807) is 0 Å². The first-order valence-electron chi connectivity index (χ1n) is 7.81. The monoisotopic (exact) mass is 293 g/mol. The van der Waals surface area contributed by atoms with E-state index >= 15 is 0 Å². The van der Waals surface area contributed by atoms with Gasteiger partial charge in [-0.25, -0.2) is 0 Å². The average Bonchev–Trinajstić information content (AvgIpc) is 3.04. The molecule has 0 N–H and O–H groups in total. The van der Waals surface area contributed by atoms with Crippen LogP contribution in [0, 0.1) is 17.8 Å². The predicted octanol–water partition coefficient (Wildman–Crippen LogP) is 1.38. The van der Waals surface area contributed by atoms with Crippen LogP contribution in [0.25, 0.3) is 0 Å². The van der Waals surface area contributed by atoms with E-state index in [2.05, 4.69) is 13.8 Å². The van der Waals surface area contributed by atoms with Crippen molar-refractivity contribution in [2.24, 2.45) is 17.8 Å². The Morgan fingerprint density at radius 2 is 2.33 bits per heavy atom. The Morgan fingerprint density at radius 3 is 3.00 bits per heavy atom. The van der Waals surface area contributed by atoms with Crippen molar-refractivity contribution >= 4 is 11.9 Å². The van der Waals surface area contributed by atoms with Crippen molar-refractivity contribution in [3.8, 4) is 0 Å². The largest absolute Gasteiger partial charge is 0.465 e. The molecule has 1 spiro atoms. The highest BCUT2D eigenvalue weighted by Crippen LogP contribution is 2.52. The number of nitrogens with zero attached hydrogens (tertiary/aromatic N) is 1. The minimum Gasteiger partial charge on any atom is -0.465 e. The molecule has 0 saturated carbocycles. The molecule has 3 aliphatic rings. The van der Waals surface area contributed by atoms with Gasteiger partial charge in [-0.3, -0.25) is 9.59 Å². The average molecular weight is 293 g/mol. The van der Waals surface area contributed by atoms with Gasteiger partial charge in [0.05, 0.1) is 25.2 Å². The number of hydrogen-bond donors (Lipinski definition) is 0. The van der Waals surface area contributed by atoms with Crippen LogP contribution in [0.4, 0.5) is 0 Å². The van der Waals surface area contributed by atoms with Gasteiger partial charge in [-0.15, -0.1) is 0 Å². The fourth-order valence-corrected chi connectivity index (χ4v) is 3.74. The smallest absolute Gasteiger partial charge is 0.312 e. The fourth-order valence-electron chi connectivity index (χ4n) is 3.74. The lowest BCUT2D eigenvalue weighted by Crippen LogP contribution is -2.40. The second-order valence-corrected chi connectivity index (χ2v) is 6.68. The molecule has 5 nitrogen and oxygen atoms in total. The summed E-state index contributed by atoms with van der Waals surface area (Å²) in [6.07, 6.45) is 4.37. The number of carbonyl (C=O) groups is 2. The third kappa shape index (κ3) is 2.18. The first-order valence-corrected chi connectivity index (χ1v) is 7.81. The standard InChI is InChI=1S/C16H23NO4/c1-4-7-20-15(19)12-11-5-6-16(21-11)9-17(8-10(2)3)14(18)13(12)16/h5-6,10-13H,4,7-9H2,1-3H3/t11-,12+,13-,16?/m0/s1. The number of rotatable bonds is 5. The molecule has 4 atom stereocenters. The summed E-state index contributed by atoms with van der Waals surface area (Å²) in [5, 5.41) is 0. The Morgan fingerprint density at radius 1 is 1.57 bits per heavy atom. The van der Waals surface area contributed by atoms with E-state index in [4.69, 9.17) is 9.47 Å². The van der Waals surface area contributed by atoms with Gasteiger partial charge in [0.2, 0.25) is 5.91 Å². The first-order chi connectivity index (χ1) is 9.98. The van der Waals surface area contributed by atoms with Gasteiger partial charge in [0.25, 0.3) is 0 Å². The molecule has 0 radical (unpaired) electrons. The Hall–Kier alpha value is -1.36. The van der Waals surface area contributed by atoms with Gasteiger partial charge in [0, 0.05) is 6.54 Å². The van der Waals surface area contributed by atoms with Gasteiger partial charge in [-0.1, -0.05) is 32.9 Å². The first kappa shape index (κ1) is 14.6. The minimum atomic E-state index is -0.605. The molecular weight excluding hydrogens is 270 g/mol. The highest BCUT2D eigenvalue weighted by Gasteiger charge is 2.67. The predicted molar refractivity (Wildman–Crippen MR) is 76.4 cm³/mol. The fraction of sp³-hybridized carbons (Fsp3) is 0.750. The number of amides is 1. The number of likely N-dealkylation sites (tertiary alicyclic amines) is 1. The van der Waals surface area contributed by atoms with Crippen molar-refractivity contribution < 1.29 is 19.1 Å². The molecule has 3 heterocycles. The van der Waals surface area contributed by atoms with E-state index in [-0.39, 0.29) is 18.0 Å². The Kier molecular flexibility index (Phi) is 3.56. The van der Waals surface area contributed by atoms with Gasteiger partial charge in [0.15, 0.2) is 0 Å². The summed E-state index contributed by atoms with van der Waals surface area (Å²) in [6.45, 7) is 7.78. The molecular formula is C16H23NO4. The van der Waals surface area contributed by atoms with Gasteiger partial charge < -0.3 is 14.4 Å². The van der Waals surface area contributed by atoms with Crippen LogP contribution in [0.5, 0.6) is 0 Å². The topological polar surface area (TPSA) is 55.8 Å². The lowest BCUT2D eigenvalue weighted by molar-refractivity contribution is -0.153. The molecule has 3 aliphatic heterocycles. The Bertz CT molecular complexity index is 487. The van der Waals surface area contributed by atoms with Gasteiger partial charge >= 0.3 is 5.97 Å². The van der Waals surface area contributed by atoms with Gasteiger partial charge in [0.1, 0.15) is 11.5 Å². The van der Waals surface area contributed by atoms with Crippen molar-refractivity contribution in [1.29, 1.82) is 0 Å². The van der Waals surface area contributed by atoms with Crippen LogP contribution in [0.3, 0.4) is 0 Å². The van der Waals surface area contributed by atoms with E-state index in [0.717, 1.165) is 6.42 Å². The zero-order valence-corrected chi connectivity index (χ0v) is 12.9. The van der Waals surface area contributed by atoms with Crippen molar-refractivity contribution in [2.75, 3.05) is 19.7 Å². The number of esters is 1. The summed E-state index contributed by atoms with van der Waals surface area (Å²) in [7, 11) is 0. The zero-order chi connectivity index (χ0) is 15.2. The molecule has 1 unspecified atom stereocenters. The van der Waals surface area contributed by atoms with Crippen LogP contribution < -0.4 is 0 Å². The molecule has 0 aliphatic carbocycles. The van der Waals surface area contributed by atoms with E-state index < -0.39 is 17.4 Å². The molecule has 0 aromatic heterocycles. The molecule has 2 bridgehead atoms. The van der Waals surface area contributed by atoms with E-state index in [1.807, 2.05) is 24.0 Å². The molecule has 116 valence electrons. The number of ether oxygens (including phenoxy) is 2. The van der Waals surface area contributed by atoms with Crippen molar-refractivity contribution in [2.45, 2.75) is 38.9 Å².